The number of carbonyl (C=O) groups excluding carboxylic acids is 1. The molecular formula is C20H21N3O2S2. The molecule has 1 aliphatic carbocycles. The number of thiophene rings is 1. The number of para-hydroxylation sites is 1. The van der Waals surface area contributed by atoms with Crippen LogP contribution in [0, 0.1) is 0 Å². The van der Waals surface area contributed by atoms with E-state index in [2.05, 4.69) is 0 Å². The number of nitrogens with zero attached hydrogens (tertiary/aromatic N) is 3. The Morgan fingerprint density at radius 3 is 2.78 bits per heavy atom. The van der Waals surface area contributed by atoms with E-state index in [0.717, 1.165) is 35.2 Å². The third-order valence-corrected chi connectivity index (χ3v) is 7.20. The summed E-state index contributed by atoms with van der Waals surface area (Å²) >= 11 is 2.96. The third kappa shape index (κ3) is 3.41. The first-order valence-corrected chi connectivity index (χ1v) is 10.8. The Bertz CT molecular complexity index is 1060. The third-order valence-electron chi connectivity index (χ3n) is 5.00. The molecule has 0 N–H and O–H groups in total. The quantitative estimate of drug-likeness (QED) is 0.497. The van der Waals surface area contributed by atoms with Gasteiger partial charge in [0.1, 0.15) is 4.83 Å². The van der Waals surface area contributed by atoms with E-state index in [4.69, 9.17) is 4.98 Å². The van der Waals surface area contributed by atoms with Gasteiger partial charge in [0.25, 0.3) is 5.56 Å². The van der Waals surface area contributed by atoms with E-state index in [1.807, 2.05) is 30.3 Å². The van der Waals surface area contributed by atoms with Crippen LogP contribution in [-0.4, -0.2) is 28.3 Å². The summed E-state index contributed by atoms with van der Waals surface area (Å²) in [5.74, 6) is 0.216. The number of hydrogen-bond acceptors (Lipinski definition) is 5. The van der Waals surface area contributed by atoms with E-state index in [1.165, 1.54) is 28.6 Å². The van der Waals surface area contributed by atoms with Crippen molar-refractivity contribution in [2.24, 2.45) is 7.05 Å². The average Bonchev–Trinajstić information content (AvgIpc) is 3.07. The Kier molecular flexibility index (Phi) is 5.06. The molecule has 0 saturated heterocycles. The molecule has 0 atom stereocenters. The lowest BCUT2D eigenvalue weighted by molar-refractivity contribution is -0.115. The second-order valence-electron chi connectivity index (χ2n) is 6.73. The van der Waals surface area contributed by atoms with E-state index < -0.39 is 0 Å². The minimum atomic E-state index is -0.0222. The normalized spacial score (nSPS) is 13.6. The summed E-state index contributed by atoms with van der Waals surface area (Å²) in [7, 11) is 3.51. The highest BCUT2D eigenvalue weighted by Crippen LogP contribution is 2.34. The molecule has 0 bridgehead atoms. The van der Waals surface area contributed by atoms with Crippen molar-refractivity contribution >= 4 is 44.9 Å². The van der Waals surface area contributed by atoms with Crippen molar-refractivity contribution in [3.8, 4) is 0 Å². The standard InChI is InChI=1S/C20H21N3O2S2/c1-22(13-8-4-3-5-9-13)16(24)12-26-20-21-18-17(19(25)23(20)2)14-10-6-7-11-15(14)27-18/h3-5,8-9H,6-7,10-12H2,1-2H3. The Hall–Kier alpha value is -2.12. The highest BCUT2D eigenvalue weighted by Gasteiger charge is 2.22. The lowest BCUT2D eigenvalue weighted by Crippen LogP contribution is -2.28. The number of benzene rings is 1. The predicted molar refractivity (Wildman–Crippen MR) is 112 cm³/mol. The molecule has 1 amide bonds. The van der Waals surface area contributed by atoms with Crippen LogP contribution in [-0.2, 0) is 24.7 Å². The van der Waals surface area contributed by atoms with Gasteiger partial charge in [-0.05, 0) is 43.4 Å². The van der Waals surface area contributed by atoms with E-state index in [-0.39, 0.29) is 17.2 Å². The summed E-state index contributed by atoms with van der Waals surface area (Å²) in [5, 5.41) is 1.38. The monoisotopic (exact) mass is 399 g/mol. The van der Waals surface area contributed by atoms with E-state index in [1.54, 1.807) is 34.9 Å². The molecule has 27 heavy (non-hydrogen) atoms. The number of aryl methyl sites for hydroxylation is 2. The molecule has 0 radical (unpaired) electrons. The fourth-order valence-electron chi connectivity index (χ4n) is 3.42. The van der Waals surface area contributed by atoms with Crippen molar-refractivity contribution in [1.29, 1.82) is 0 Å². The molecule has 2 heterocycles. The SMILES string of the molecule is CN(C(=O)CSc1nc2sc3c(c2c(=O)n1C)CCCC3)c1ccccc1. The van der Waals surface area contributed by atoms with Crippen LogP contribution in [0.1, 0.15) is 23.3 Å². The number of fused-ring (bicyclic) bond motifs is 3. The van der Waals surface area contributed by atoms with Crippen LogP contribution in [0.4, 0.5) is 5.69 Å². The summed E-state index contributed by atoms with van der Waals surface area (Å²) < 4.78 is 1.59. The number of anilines is 1. The van der Waals surface area contributed by atoms with Crippen molar-refractivity contribution in [3.05, 3.63) is 51.1 Å². The van der Waals surface area contributed by atoms with Crippen LogP contribution < -0.4 is 10.5 Å². The van der Waals surface area contributed by atoms with Crippen LogP contribution in [0.2, 0.25) is 0 Å². The highest BCUT2D eigenvalue weighted by molar-refractivity contribution is 7.99. The molecule has 2 aromatic heterocycles. The molecule has 1 aromatic carbocycles. The molecule has 1 aliphatic rings. The largest absolute Gasteiger partial charge is 0.315 e. The number of rotatable bonds is 4. The Morgan fingerprint density at radius 2 is 2.00 bits per heavy atom. The summed E-state index contributed by atoms with van der Waals surface area (Å²) in [6.07, 6.45) is 4.34. The van der Waals surface area contributed by atoms with E-state index >= 15 is 0 Å². The predicted octanol–water partition coefficient (Wildman–Crippen LogP) is 3.63. The van der Waals surface area contributed by atoms with Gasteiger partial charge in [-0.3, -0.25) is 14.2 Å². The molecule has 4 rings (SSSR count). The number of thioether (sulfide) groups is 1. The van der Waals surface area contributed by atoms with Gasteiger partial charge >= 0.3 is 0 Å². The van der Waals surface area contributed by atoms with Crippen LogP contribution in [0.25, 0.3) is 10.2 Å². The van der Waals surface area contributed by atoms with Gasteiger partial charge in [-0.25, -0.2) is 4.98 Å². The molecule has 0 fully saturated rings. The number of aromatic nitrogens is 2. The van der Waals surface area contributed by atoms with Crippen molar-refractivity contribution in [1.82, 2.24) is 9.55 Å². The van der Waals surface area contributed by atoms with Crippen molar-refractivity contribution in [2.45, 2.75) is 30.8 Å². The summed E-state index contributed by atoms with van der Waals surface area (Å²) in [5.41, 5.74) is 2.06. The Balaban J connectivity index is 1.58. The fraction of sp³-hybridized carbons (Fsp3) is 0.350. The van der Waals surface area contributed by atoms with Crippen molar-refractivity contribution < 1.29 is 4.79 Å². The van der Waals surface area contributed by atoms with Gasteiger partial charge in [-0.1, -0.05) is 30.0 Å². The van der Waals surface area contributed by atoms with Gasteiger partial charge in [0.05, 0.1) is 11.1 Å². The number of amides is 1. The van der Waals surface area contributed by atoms with E-state index in [0.29, 0.717) is 5.16 Å². The number of carbonyl (C=O) groups is 1. The first kappa shape index (κ1) is 18.3. The van der Waals surface area contributed by atoms with E-state index in [9.17, 15) is 9.59 Å². The molecule has 7 heteroatoms. The second-order valence-corrected chi connectivity index (χ2v) is 8.75. The zero-order valence-electron chi connectivity index (χ0n) is 15.4. The molecule has 0 saturated carbocycles. The van der Waals surface area contributed by atoms with Crippen LogP contribution in [0.5, 0.6) is 0 Å². The fourth-order valence-corrected chi connectivity index (χ4v) is 5.60. The maximum Gasteiger partial charge on any atom is 0.262 e. The molecule has 0 aliphatic heterocycles. The van der Waals surface area contributed by atoms with Gasteiger partial charge in [0.2, 0.25) is 5.91 Å². The molecule has 5 nitrogen and oxygen atoms in total. The molecular weight excluding hydrogens is 378 g/mol. The summed E-state index contributed by atoms with van der Waals surface area (Å²) in [6.45, 7) is 0. The maximum absolute atomic E-state index is 12.9. The van der Waals surface area contributed by atoms with Crippen LogP contribution >= 0.6 is 23.1 Å². The van der Waals surface area contributed by atoms with Gasteiger partial charge in [-0.15, -0.1) is 11.3 Å². The lowest BCUT2D eigenvalue weighted by Gasteiger charge is -2.17. The Labute approximate surface area is 166 Å². The molecule has 3 aromatic rings. The van der Waals surface area contributed by atoms with Crippen molar-refractivity contribution in [2.75, 3.05) is 17.7 Å². The summed E-state index contributed by atoms with van der Waals surface area (Å²) in [4.78, 5) is 33.9. The van der Waals surface area contributed by atoms with Crippen LogP contribution in [0.3, 0.4) is 0 Å². The molecule has 0 unspecified atom stereocenters. The van der Waals surface area contributed by atoms with Gasteiger partial charge < -0.3 is 4.90 Å². The van der Waals surface area contributed by atoms with Gasteiger partial charge in [0.15, 0.2) is 5.16 Å². The smallest absolute Gasteiger partial charge is 0.262 e. The Morgan fingerprint density at radius 1 is 1.26 bits per heavy atom. The maximum atomic E-state index is 12.9. The lowest BCUT2D eigenvalue weighted by atomic mass is 9.97. The first-order valence-electron chi connectivity index (χ1n) is 9.02. The molecule has 0 spiro atoms. The minimum Gasteiger partial charge on any atom is -0.315 e. The van der Waals surface area contributed by atoms with Crippen LogP contribution in [0.15, 0.2) is 40.3 Å². The highest BCUT2D eigenvalue weighted by atomic mass is 32.2. The first-order chi connectivity index (χ1) is 13.1. The second kappa shape index (κ2) is 7.48. The van der Waals surface area contributed by atoms with Gasteiger partial charge in [-0.2, -0.15) is 0 Å². The zero-order valence-corrected chi connectivity index (χ0v) is 17.0. The zero-order chi connectivity index (χ0) is 19.0. The topological polar surface area (TPSA) is 55.2 Å². The molecule has 140 valence electrons. The average molecular weight is 400 g/mol. The number of hydrogen-bond donors (Lipinski definition) is 0. The van der Waals surface area contributed by atoms with Crippen molar-refractivity contribution in [3.63, 3.8) is 0 Å². The summed E-state index contributed by atoms with van der Waals surface area (Å²) in [6, 6.07) is 9.54. The minimum absolute atomic E-state index is 0.00534. The van der Waals surface area contributed by atoms with Gasteiger partial charge in [0, 0.05) is 24.7 Å².